The molecule has 0 aromatic carbocycles. The second-order valence-corrected chi connectivity index (χ2v) is 7.88. The number of aromatic nitrogens is 1. The van der Waals surface area contributed by atoms with Gasteiger partial charge in [0.2, 0.25) is 0 Å². The Morgan fingerprint density at radius 3 is 2.33 bits per heavy atom. The summed E-state index contributed by atoms with van der Waals surface area (Å²) in [6, 6.07) is 1.73. The van der Waals surface area contributed by atoms with Crippen LogP contribution in [0.15, 0.2) is 12.3 Å². The van der Waals surface area contributed by atoms with Crippen LogP contribution < -0.4 is 10.6 Å². The molecular weight excluding hydrogens is 265 g/mol. The quantitative estimate of drug-likeness (QED) is 0.854. The normalized spacial score (nSPS) is 14.1. The van der Waals surface area contributed by atoms with Gasteiger partial charge < -0.3 is 10.6 Å². The van der Waals surface area contributed by atoms with Gasteiger partial charge in [-0.15, -0.1) is 0 Å². The molecule has 0 spiro atoms. The van der Waals surface area contributed by atoms with Crippen LogP contribution in [0, 0.1) is 17.2 Å². The lowest BCUT2D eigenvalue weighted by atomic mass is 9.82. The molecule has 1 heterocycles. The third-order valence-electron chi connectivity index (χ3n) is 3.83. The monoisotopic (exact) mass is 295 g/mol. The van der Waals surface area contributed by atoms with Gasteiger partial charge in [0.05, 0.1) is 0 Å². The molecular formula is C17H30FN3. The molecule has 21 heavy (non-hydrogen) atoms. The minimum atomic E-state index is -0.254. The van der Waals surface area contributed by atoms with Crippen molar-refractivity contribution in [1.82, 2.24) is 10.3 Å². The summed E-state index contributed by atoms with van der Waals surface area (Å²) in [5, 5.41) is 6.44. The molecule has 0 radical (unpaired) electrons. The molecule has 2 N–H and O–H groups in total. The van der Waals surface area contributed by atoms with Crippen LogP contribution in [0.5, 0.6) is 0 Å². The molecule has 4 heteroatoms. The zero-order valence-electron chi connectivity index (χ0n) is 14.5. The molecule has 1 unspecified atom stereocenters. The zero-order chi connectivity index (χ0) is 16.3. The molecule has 0 saturated heterocycles. The van der Waals surface area contributed by atoms with E-state index in [9.17, 15) is 4.39 Å². The van der Waals surface area contributed by atoms with Crippen molar-refractivity contribution in [2.45, 2.75) is 60.5 Å². The van der Waals surface area contributed by atoms with E-state index in [0.29, 0.717) is 30.4 Å². The fourth-order valence-corrected chi connectivity index (χ4v) is 1.66. The van der Waals surface area contributed by atoms with E-state index in [1.165, 1.54) is 0 Å². The number of pyridine rings is 1. The maximum absolute atomic E-state index is 14.4. The molecule has 1 rings (SSSR count). The fraction of sp³-hybridized carbons (Fsp3) is 0.706. The van der Waals surface area contributed by atoms with Crippen molar-refractivity contribution in [2.24, 2.45) is 11.3 Å². The standard InChI is InChI=1S/C17H30FN3/c1-12(16(2,3)4)10-20-15-14(18)13(8-9-19-15)11-21-17(5,6)7/h8-9,12,21H,10-11H2,1-7H3,(H,19,20). The predicted octanol–water partition coefficient (Wildman–Crippen LogP) is 4.20. The van der Waals surface area contributed by atoms with Gasteiger partial charge in [-0.2, -0.15) is 0 Å². The Kier molecular flexibility index (Phi) is 5.74. The molecule has 0 aliphatic rings. The SMILES string of the molecule is CC(CNc1nccc(CNC(C)(C)C)c1F)C(C)(C)C. The summed E-state index contributed by atoms with van der Waals surface area (Å²) < 4.78 is 14.4. The highest BCUT2D eigenvalue weighted by Crippen LogP contribution is 2.26. The molecule has 1 aromatic rings. The summed E-state index contributed by atoms with van der Waals surface area (Å²) in [5.74, 6) is 0.518. The lowest BCUT2D eigenvalue weighted by Gasteiger charge is -2.27. The van der Waals surface area contributed by atoms with Crippen LogP contribution in [0.2, 0.25) is 0 Å². The molecule has 120 valence electrons. The van der Waals surface area contributed by atoms with Crippen molar-refractivity contribution in [3.05, 3.63) is 23.6 Å². The summed E-state index contributed by atoms with van der Waals surface area (Å²) in [4.78, 5) is 4.12. The summed E-state index contributed by atoms with van der Waals surface area (Å²) in [6.45, 7) is 16.1. The second-order valence-electron chi connectivity index (χ2n) is 7.88. The maximum Gasteiger partial charge on any atom is 0.169 e. The molecule has 0 saturated carbocycles. The summed E-state index contributed by atoms with van der Waals surface area (Å²) >= 11 is 0. The lowest BCUT2D eigenvalue weighted by Crippen LogP contribution is -2.35. The first-order valence-corrected chi connectivity index (χ1v) is 7.63. The van der Waals surface area contributed by atoms with Crippen LogP contribution in [0.1, 0.15) is 54.0 Å². The van der Waals surface area contributed by atoms with Gasteiger partial charge in [0.25, 0.3) is 0 Å². The number of rotatable bonds is 5. The molecule has 0 bridgehead atoms. The average molecular weight is 295 g/mol. The summed E-state index contributed by atoms with van der Waals surface area (Å²) in [7, 11) is 0. The van der Waals surface area contributed by atoms with E-state index in [-0.39, 0.29) is 16.8 Å². The van der Waals surface area contributed by atoms with Gasteiger partial charge in [-0.25, -0.2) is 9.37 Å². The molecule has 1 atom stereocenters. The van der Waals surface area contributed by atoms with E-state index in [1.54, 1.807) is 12.3 Å². The topological polar surface area (TPSA) is 37.0 Å². The Bertz CT molecular complexity index is 458. The van der Waals surface area contributed by atoms with Crippen molar-refractivity contribution in [2.75, 3.05) is 11.9 Å². The Morgan fingerprint density at radius 1 is 1.19 bits per heavy atom. The van der Waals surface area contributed by atoms with E-state index in [1.807, 2.05) is 0 Å². The van der Waals surface area contributed by atoms with Crippen molar-refractivity contribution >= 4 is 5.82 Å². The number of hydrogen-bond acceptors (Lipinski definition) is 3. The van der Waals surface area contributed by atoms with Crippen LogP contribution in [0.4, 0.5) is 10.2 Å². The van der Waals surface area contributed by atoms with E-state index < -0.39 is 0 Å². The molecule has 0 aliphatic carbocycles. The number of anilines is 1. The smallest absolute Gasteiger partial charge is 0.169 e. The van der Waals surface area contributed by atoms with Gasteiger partial charge in [-0.05, 0) is 38.2 Å². The highest BCUT2D eigenvalue weighted by molar-refractivity contribution is 5.40. The summed E-state index contributed by atoms with van der Waals surface area (Å²) in [5.41, 5.74) is 0.796. The third-order valence-corrected chi connectivity index (χ3v) is 3.83. The van der Waals surface area contributed by atoms with Crippen LogP contribution >= 0.6 is 0 Å². The van der Waals surface area contributed by atoms with Crippen molar-refractivity contribution < 1.29 is 4.39 Å². The first-order valence-electron chi connectivity index (χ1n) is 7.63. The Morgan fingerprint density at radius 2 is 1.81 bits per heavy atom. The average Bonchev–Trinajstić information content (AvgIpc) is 2.33. The minimum Gasteiger partial charge on any atom is -0.367 e. The Labute approximate surface area is 128 Å². The van der Waals surface area contributed by atoms with Crippen LogP contribution in [-0.2, 0) is 6.54 Å². The van der Waals surface area contributed by atoms with Gasteiger partial charge in [0.15, 0.2) is 11.6 Å². The number of nitrogens with zero attached hydrogens (tertiary/aromatic N) is 1. The van der Waals surface area contributed by atoms with E-state index >= 15 is 0 Å². The van der Waals surface area contributed by atoms with Crippen molar-refractivity contribution in [3.8, 4) is 0 Å². The molecule has 0 aliphatic heterocycles. The molecule has 0 amide bonds. The highest BCUT2D eigenvalue weighted by Gasteiger charge is 2.20. The van der Waals surface area contributed by atoms with Crippen LogP contribution in [0.25, 0.3) is 0 Å². The first kappa shape index (κ1) is 17.9. The van der Waals surface area contributed by atoms with E-state index in [2.05, 4.69) is 64.1 Å². The number of halogens is 1. The van der Waals surface area contributed by atoms with Crippen LogP contribution in [-0.4, -0.2) is 17.1 Å². The van der Waals surface area contributed by atoms with Gasteiger partial charge in [0.1, 0.15) is 0 Å². The third kappa shape index (κ3) is 6.00. The van der Waals surface area contributed by atoms with Gasteiger partial charge in [-0.3, -0.25) is 0 Å². The Hall–Kier alpha value is -1.16. The highest BCUT2D eigenvalue weighted by atomic mass is 19.1. The fourth-order valence-electron chi connectivity index (χ4n) is 1.66. The van der Waals surface area contributed by atoms with Gasteiger partial charge >= 0.3 is 0 Å². The Balaban J connectivity index is 2.72. The van der Waals surface area contributed by atoms with E-state index in [0.717, 1.165) is 0 Å². The lowest BCUT2D eigenvalue weighted by molar-refractivity contribution is 0.274. The second kappa shape index (κ2) is 6.73. The summed E-state index contributed by atoms with van der Waals surface area (Å²) in [6.07, 6.45) is 1.66. The zero-order valence-corrected chi connectivity index (χ0v) is 14.5. The minimum absolute atomic E-state index is 0.0376. The largest absolute Gasteiger partial charge is 0.367 e. The number of nitrogens with one attached hydrogen (secondary N) is 2. The predicted molar refractivity (Wildman–Crippen MR) is 87.9 cm³/mol. The van der Waals surface area contributed by atoms with Crippen molar-refractivity contribution in [3.63, 3.8) is 0 Å². The van der Waals surface area contributed by atoms with Crippen molar-refractivity contribution in [1.29, 1.82) is 0 Å². The van der Waals surface area contributed by atoms with Gasteiger partial charge in [-0.1, -0.05) is 27.7 Å². The van der Waals surface area contributed by atoms with Crippen LogP contribution in [0.3, 0.4) is 0 Å². The molecule has 3 nitrogen and oxygen atoms in total. The van der Waals surface area contributed by atoms with Gasteiger partial charge in [0, 0.05) is 30.4 Å². The van der Waals surface area contributed by atoms with E-state index in [4.69, 9.17) is 0 Å². The maximum atomic E-state index is 14.4. The molecule has 0 fully saturated rings. The molecule has 1 aromatic heterocycles. The number of hydrogen-bond donors (Lipinski definition) is 2. The first-order chi connectivity index (χ1) is 9.50.